The molecule has 0 aromatic rings. The van der Waals surface area contributed by atoms with Crippen molar-refractivity contribution in [2.24, 2.45) is 34.5 Å². The van der Waals surface area contributed by atoms with Gasteiger partial charge in [0.15, 0.2) is 5.78 Å². The second-order valence-corrected chi connectivity index (χ2v) is 12.0. The van der Waals surface area contributed by atoms with Crippen LogP contribution < -0.4 is 0 Å². The Bertz CT molecular complexity index is 757. The Labute approximate surface area is 183 Å². The van der Waals surface area contributed by atoms with Gasteiger partial charge in [-0.05, 0) is 99.7 Å². The fourth-order valence-electron chi connectivity index (χ4n) is 7.82. The topological polar surface area (TPSA) is 57.5 Å². The predicted molar refractivity (Wildman–Crippen MR) is 121 cm³/mol. The van der Waals surface area contributed by atoms with Crippen molar-refractivity contribution < 1.29 is 15.0 Å². The van der Waals surface area contributed by atoms with Gasteiger partial charge < -0.3 is 10.2 Å². The Morgan fingerprint density at radius 2 is 1.87 bits per heavy atom. The van der Waals surface area contributed by atoms with Gasteiger partial charge in [-0.15, -0.1) is 0 Å². The Morgan fingerprint density at radius 1 is 1.13 bits per heavy atom. The second-order valence-electron chi connectivity index (χ2n) is 12.0. The number of Topliss-reactive ketones (excluding diaryl/α,β-unsaturated/α-hetero) is 1. The van der Waals surface area contributed by atoms with Crippen molar-refractivity contribution in [2.75, 3.05) is 0 Å². The van der Waals surface area contributed by atoms with Crippen molar-refractivity contribution in [1.82, 2.24) is 0 Å². The number of aliphatic hydroxyl groups is 2. The van der Waals surface area contributed by atoms with Crippen molar-refractivity contribution in [3.05, 3.63) is 23.3 Å². The van der Waals surface area contributed by atoms with Crippen molar-refractivity contribution >= 4 is 5.78 Å². The summed E-state index contributed by atoms with van der Waals surface area (Å²) in [5, 5.41) is 20.2. The first-order valence-electron chi connectivity index (χ1n) is 12.3. The van der Waals surface area contributed by atoms with Crippen LogP contribution in [0.3, 0.4) is 0 Å². The minimum Gasteiger partial charge on any atom is -0.393 e. The molecule has 3 saturated carbocycles. The van der Waals surface area contributed by atoms with E-state index in [0.29, 0.717) is 35.5 Å². The van der Waals surface area contributed by atoms with Crippen LogP contribution in [0, 0.1) is 34.5 Å². The molecule has 0 aliphatic heterocycles. The maximum atomic E-state index is 12.2. The van der Waals surface area contributed by atoms with Gasteiger partial charge in [-0.25, -0.2) is 0 Å². The van der Waals surface area contributed by atoms with E-state index in [1.54, 1.807) is 19.4 Å². The van der Waals surface area contributed by atoms with Crippen LogP contribution in [0.5, 0.6) is 0 Å². The van der Waals surface area contributed by atoms with Crippen LogP contribution in [0.4, 0.5) is 0 Å². The molecule has 4 rings (SSSR count). The lowest BCUT2D eigenvalue weighted by molar-refractivity contribution is -0.134. The molecule has 3 heteroatoms. The van der Waals surface area contributed by atoms with Crippen LogP contribution in [0.2, 0.25) is 0 Å². The molecule has 30 heavy (non-hydrogen) atoms. The second kappa shape index (κ2) is 7.59. The zero-order valence-electron chi connectivity index (χ0n) is 19.7. The van der Waals surface area contributed by atoms with E-state index in [9.17, 15) is 15.0 Å². The number of ketones is 1. The molecular weight excluding hydrogens is 372 g/mol. The molecule has 168 valence electrons. The molecule has 4 aliphatic carbocycles. The number of allylic oxidation sites excluding steroid dienone is 3. The summed E-state index contributed by atoms with van der Waals surface area (Å²) < 4.78 is 0. The number of aliphatic hydroxyl groups excluding tert-OH is 1. The molecule has 0 bridgehead atoms. The number of carbonyl (C=O) groups excluding carboxylic acids is 1. The minimum atomic E-state index is -1.21. The van der Waals surface area contributed by atoms with E-state index in [-0.39, 0.29) is 17.3 Å². The smallest absolute Gasteiger partial charge is 0.163 e. The van der Waals surface area contributed by atoms with Crippen molar-refractivity contribution in [1.29, 1.82) is 0 Å². The normalized spacial score (nSPS) is 41.8. The highest BCUT2D eigenvalue weighted by Crippen LogP contribution is 2.66. The monoisotopic (exact) mass is 414 g/mol. The first-order valence-corrected chi connectivity index (χ1v) is 12.3. The van der Waals surface area contributed by atoms with E-state index in [1.165, 1.54) is 31.3 Å². The summed E-state index contributed by atoms with van der Waals surface area (Å²) in [5.41, 5.74) is 2.53. The molecule has 7 atom stereocenters. The SMILES string of the molecule is C[C@H](CCC(=O)C(C)(C)O)[C@H]1CC[C@H]2C3=CC=C4CC(O)CC[C@]4(C)[C@H]3CC[C@]12C. The maximum absolute atomic E-state index is 12.2. The van der Waals surface area contributed by atoms with E-state index in [1.807, 2.05) is 0 Å². The van der Waals surface area contributed by atoms with Gasteiger partial charge in [0.2, 0.25) is 0 Å². The number of fused-ring (bicyclic) bond motifs is 5. The molecule has 0 aromatic carbocycles. The van der Waals surface area contributed by atoms with Gasteiger partial charge in [-0.1, -0.05) is 44.1 Å². The van der Waals surface area contributed by atoms with E-state index >= 15 is 0 Å². The van der Waals surface area contributed by atoms with Crippen LogP contribution >= 0.6 is 0 Å². The summed E-state index contributed by atoms with van der Waals surface area (Å²) >= 11 is 0. The highest BCUT2D eigenvalue weighted by molar-refractivity contribution is 5.86. The molecule has 0 spiro atoms. The molecule has 3 nitrogen and oxygen atoms in total. The van der Waals surface area contributed by atoms with Gasteiger partial charge in [0.1, 0.15) is 5.60 Å². The average molecular weight is 415 g/mol. The number of hydrogen-bond donors (Lipinski definition) is 2. The molecule has 0 radical (unpaired) electrons. The van der Waals surface area contributed by atoms with Crippen LogP contribution in [-0.2, 0) is 4.79 Å². The van der Waals surface area contributed by atoms with Crippen LogP contribution in [0.25, 0.3) is 0 Å². The van der Waals surface area contributed by atoms with Crippen molar-refractivity contribution in [2.45, 2.75) is 104 Å². The van der Waals surface area contributed by atoms with Crippen LogP contribution in [0.1, 0.15) is 92.4 Å². The number of carbonyl (C=O) groups is 1. The zero-order valence-corrected chi connectivity index (χ0v) is 19.7. The molecular formula is C27H42O3. The molecule has 4 aliphatic rings. The predicted octanol–water partition coefficient (Wildman–Crippen LogP) is 5.60. The van der Waals surface area contributed by atoms with Gasteiger partial charge in [0.25, 0.3) is 0 Å². The minimum absolute atomic E-state index is 0.0298. The lowest BCUT2D eigenvalue weighted by Gasteiger charge is -2.55. The summed E-state index contributed by atoms with van der Waals surface area (Å²) in [7, 11) is 0. The van der Waals surface area contributed by atoms with Gasteiger partial charge in [0, 0.05) is 6.42 Å². The quantitative estimate of drug-likeness (QED) is 0.615. The van der Waals surface area contributed by atoms with Gasteiger partial charge >= 0.3 is 0 Å². The molecule has 0 aromatic heterocycles. The first-order chi connectivity index (χ1) is 14.0. The van der Waals surface area contributed by atoms with Gasteiger partial charge in [-0.3, -0.25) is 4.79 Å². The van der Waals surface area contributed by atoms with E-state index in [2.05, 4.69) is 32.9 Å². The largest absolute Gasteiger partial charge is 0.393 e. The molecule has 2 N–H and O–H groups in total. The summed E-state index contributed by atoms with van der Waals surface area (Å²) in [6, 6.07) is 0. The highest BCUT2D eigenvalue weighted by Gasteiger charge is 2.56. The van der Waals surface area contributed by atoms with Gasteiger partial charge in [-0.2, -0.15) is 0 Å². The zero-order chi connectivity index (χ0) is 21.9. The average Bonchev–Trinajstić information content (AvgIpc) is 3.03. The Morgan fingerprint density at radius 3 is 2.57 bits per heavy atom. The number of rotatable bonds is 5. The van der Waals surface area contributed by atoms with E-state index in [0.717, 1.165) is 25.7 Å². The van der Waals surface area contributed by atoms with E-state index in [4.69, 9.17) is 0 Å². The summed E-state index contributed by atoms with van der Waals surface area (Å²) in [6.45, 7) is 10.5. The number of hydrogen-bond acceptors (Lipinski definition) is 3. The fourth-order valence-corrected chi connectivity index (χ4v) is 7.82. The summed E-state index contributed by atoms with van der Waals surface area (Å²) in [5.74, 6) is 2.45. The van der Waals surface area contributed by atoms with Crippen molar-refractivity contribution in [3.63, 3.8) is 0 Å². The van der Waals surface area contributed by atoms with E-state index < -0.39 is 5.60 Å². The highest BCUT2D eigenvalue weighted by atomic mass is 16.3. The lowest BCUT2D eigenvalue weighted by atomic mass is 9.50. The third-order valence-electron chi connectivity index (χ3n) is 9.81. The molecule has 3 fully saturated rings. The Hall–Kier alpha value is -0.930. The molecule has 0 saturated heterocycles. The Kier molecular flexibility index (Phi) is 5.63. The molecule has 0 heterocycles. The molecule has 0 amide bonds. The van der Waals surface area contributed by atoms with Crippen LogP contribution in [-0.4, -0.2) is 27.7 Å². The maximum Gasteiger partial charge on any atom is 0.163 e. The summed E-state index contributed by atoms with van der Waals surface area (Å²) in [6.07, 6.45) is 14.0. The molecule has 1 unspecified atom stereocenters. The third-order valence-corrected chi connectivity index (χ3v) is 9.81. The Balaban J connectivity index is 1.52. The van der Waals surface area contributed by atoms with Gasteiger partial charge in [0.05, 0.1) is 6.10 Å². The fraction of sp³-hybridized carbons (Fsp3) is 0.815. The first kappa shape index (κ1) is 22.3. The van der Waals surface area contributed by atoms with Crippen molar-refractivity contribution in [3.8, 4) is 0 Å². The lowest BCUT2D eigenvalue weighted by Crippen LogP contribution is -2.46. The van der Waals surface area contributed by atoms with Crippen LogP contribution in [0.15, 0.2) is 23.3 Å². The third kappa shape index (κ3) is 3.54. The summed E-state index contributed by atoms with van der Waals surface area (Å²) in [4.78, 5) is 12.2. The standard InChI is InChI=1S/C27H42O3/c1-17(6-11-24(29)25(2,3)30)21-9-10-22-20-8-7-18-16-19(28)12-14-26(18,4)23(20)13-15-27(21,22)5/h7-8,17,19,21-23,28,30H,6,9-16H2,1-5H3/t17-,19?,21-,22+,23+,26+,27-/m1/s1.